The van der Waals surface area contributed by atoms with E-state index in [-0.39, 0.29) is 10.8 Å². The third-order valence-corrected chi connectivity index (χ3v) is 4.81. The molecule has 0 saturated heterocycles. The van der Waals surface area contributed by atoms with E-state index in [0.29, 0.717) is 0 Å². The minimum atomic E-state index is -1.13. The van der Waals surface area contributed by atoms with Gasteiger partial charge in [-0.25, -0.2) is 8.93 Å². The second kappa shape index (κ2) is 7.52. The van der Waals surface area contributed by atoms with Crippen LogP contribution in [0.2, 0.25) is 0 Å². The molecule has 2 rings (SSSR count). The van der Waals surface area contributed by atoms with Crippen molar-refractivity contribution in [1.82, 2.24) is 4.72 Å². The number of nitrogens with one attached hydrogen (secondary N) is 1. The summed E-state index contributed by atoms with van der Waals surface area (Å²) in [6, 6.07) is 20.1. The quantitative estimate of drug-likeness (QED) is 0.865. The number of benzene rings is 2. The fraction of sp³-hybridized carbons (Fsp3) is 0.263. The van der Waals surface area contributed by atoms with E-state index in [1.807, 2.05) is 69.3 Å². The summed E-state index contributed by atoms with van der Waals surface area (Å²) in [5, 5.41) is 0. The van der Waals surface area contributed by atoms with E-state index in [4.69, 9.17) is 0 Å². The van der Waals surface area contributed by atoms with E-state index in [9.17, 15) is 4.21 Å². The summed E-state index contributed by atoms with van der Waals surface area (Å²) in [6.07, 6.45) is 4.12. The molecule has 0 saturated carbocycles. The fourth-order valence-electron chi connectivity index (χ4n) is 1.94. The molecule has 2 aromatic rings. The Kier molecular flexibility index (Phi) is 5.69. The Hall–Kier alpha value is -1.71. The van der Waals surface area contributed by atoms with Gasteiger partial charge in [-0.1, -0.05) is 72.8 Å². The predicted molar refractivity (Wildman–Crippen MR) is 95.7 cm³/mol. The largest absolute Gasteiger partial charge is 0.242 e. The third kappa shape index (κ3) is 4.93. The van der Waals surface area contributed by atoms with Gasteiger partial charge in [-0.3, -0.25) is 0 Å². The van der Waals surface area contributed by atoms with Gasteiger partial charge in [-0.2, -0.15) is 0 Å². The lowest BCUT2D eigenvalue weighted by molar-refractivity contribution is 0.627. The van der Waals surface area contributed by atoms with Crippen LogP contribution < -0.4 is 4.72 Å². The molecular weight excluding hydrogens is 290 g/mol. The van der Waals surface area contributed by atoms with E-state index in [2.05, 4.69) is 29.0 Å². The van der Waals surface area contributed by atoms with Crippen molar-refractivity contribution >= 4 is 17.1 Å². The number of rotatable bonds is 5. The first-order valence-electron chi connectivity index (χ1n) is 7.43. The van der Waals surface area contributed by atoms with Gasteiger partial charge in [0.25, 0.3) is 0 Å². The van der Waals surface area contributed by atoms with Crippen LogP contribution in [-0.4, -0.2) is 8.96 Å². The predicted octanol–water partition coefficient (Wildman–Crippen LogP) is 4.49. The van der Waals surface area contributed by atoms with Crippen LogP contribution in [0.15, 0.2) is 66.7 Å². The summed E-state index contributed by atoms with van der Waals surface area (Å²) in [5.41, 5.74) is 2.24. The molecule has 0 spiro atoms. The Morgan fingerprint density at radius 1 is 0.955 bits per heavy atom. The smallest absolute Gasteiger partial charge is 0.0978 e. The van der Waals surface area contributed by atoms with Crippen molar-refractivity contribution in [1.29, 1.82) is 0 Å². The third-order valence-electron chi connectivity index (χ3n) is 3.23. The highest BCUT2D eigenvalue weighted by atomic mass is 32.2. The summed E-state index contributed by atoms with van der Waals surface area (Å²) in [4.78, 5) is 0. The van der Waals surface area contributed by atoms with E-state index in [0.717, 1.165) is 11.1 Å². The average Bonchev–Trinajstić information content (AvgIpc) is 2.52. The van der Waals surface area contributed by atoms with E-state index in [1.54, 1.807) is 0 Å². The molecule has 116 valence electrons. The number of hydrogen-bond donors (Lipinski definition) is 1. The van der Waals surface area contributed by atoms with Crippen LogP contribution in [-0.2, 0) is 11.0 Å². The van der Waals surface area contributed by atoms with Crippen LogP contribution in [0, 0.1) is 0 Å². The topological polar surface area (TPSA) is 29.1 Å². The molecule has 2 nitrogen and oxygen atoms in total. The molecule has 1 unspecified atom stereocenters. The zero-order valence-electron chi connectivity index (χ0n) is 13.3. The molecule has 0 amide bonds. The zero-order chi connectivity index (χ0) is 16.0. The van der Waals surface area contributed by atoms with Crippen LogP contribution in [0.1, 0.15) is 37.9 Å². The molecule has 0 aliphatic carbocycles. The van der Waals surface area contributed by atoms with Crippen molar-refractivity contribution in [2.75, 3.05) is 0 Å². The molecule has 2 atom stereocenters. The van der Waals surface area contributed by atoms with E-state index < -0.39 is 11.0 Å². The summed E-state index contributed by atoms with van der Waals surface area (Å²) < 4.78 is 15.4. The van der Waals surface area contributed by atoms with Crippen LogP contribution in [0.3, 0.4) is 0 Å². The molecule has 0 bridgehead atoms. The minimum Gasteiger partial charge on any atom is -0.242 e. The Balaban J connectivity index is 2.23. The molecule has 22 heavy (non-hydrogen) atoms. The van der Waals surface area contributed by atoms with Gasteiger partial charge in [0.05, 0.1) is 21.8 Å². The van der Waals surface area contributed by atoms with E-state index in [1.165, 1.54) is 0 Å². The molecule has 0 fully saturated rings. The standard InChI is InChI=1S/C19H23NOS/c1-19(2,3)22(21)20-18(17-12-8-5-9-13-17)15-14-16-10-6-4-7-11-16/h4-15,18,20H,1-3H3/b15-14+/t18-,22?/m0/s1. The lowest BCUT2D eigenvalue weighted by atomic mass is 10.1. The average molecular weight is 313 g/mol. The molecule has 3 heteroatoms. The molecule has 0 aliphatic rings. The molecular formula is C19H23NOS. The minimum absolute atomic E-state index is 0.0820. The van der Waals surface area contributed by atoms with Crippen molar-refractivity contribution in [3.05, 3.63) is 77.9 Å². The van der Waals surface area contributed by atoms with Gasteiger partial charge in [0.2, 0.25) is 0 Å². The molecule has 0 heterocycles. The monoisotopic (exact) mass is 313 g/mol. The maximum atomic E-state index is 12.4. The lowest BCUT2D eigenvalue weighted by Crippen LogP contribution is -2.35. The van der Waals surface area contributed by atoms with Crippen molar-refractivity contribution < 1.29 is 4.21 Å². The molecule has 1 N–H and O–H groups in total. The maximum Gasteiger partial charge on any atom is 0.0978 e. The van der Waals surface area contributed by atoms with Crippen molar-refractivity contribution in [2.45, 2.75) is 31.6 Å². The van der Waals surface area contributed by atoms with Gasteiger partial charge < -0.3 is 0 Å². The van der Waals surface area contributed by atoms with Crippen LogP contribution in [0.4, 0.5) is 0 Å². The normalized spacial score (nSPS) is 14.9. The van der Waals surface area contributed by atoms with Gasteiger partial charge in [0, 0.05) is 0 Å². The summed E-state index contributed by atoms with van der Waals surface area (Å²) in [6.45, 7) is 5.91. The fourth-order valence-corrected chi connectivity index (χ4v) is 2.74. The summed E-state index contributed by atoms with van der Waals surface area (Å²) in [7, 11) is -1.13. The van der Waals surface area contributed by atoms with Gasteiger partial charge >= 0.3 is 0 Å². The van der Waals surface area contributed by atoms with Gasteiger partial charge in [0.15, 0.2) is 0 Å². The van der Waals surface area contributed by atoms with Gasteiger partial charge in [-0.15, -0.1) is 0 Å². The van der Waals surface area contributed by atoms with Crippen molar-refractivity contribution in [3.8, 4) is 0 Å². The van der Waals surface area contributed by atoms with Gasteiger partial charge in [0.1, 0.15) is 0 Å². The van der Waals surface area contributed by atoms with Crippen LogP contribution in [0.5, 0.6) is 0 Å². The first kappa shape index (κ1) is 16.7. The van der Waals surface area contributed by atoms with Crippen LogP contribution in [0.25, 0.3) is 6.08 Å². The second-order valence-electron chi connectivity index (χ2n) is 6.16. The number of hydrogen-bond acceptors (Lipinski definition) is 1. The molecule has 2 aromatic carbocycles. The van der Waals surface area contributed by atoms with Crippen molar-refractivity contribution in [3.63, 3.8) is 0 Å². The van der Waals surface area contributed by atoms with Crippen molar-refractivity contribution in [2.24, 2.45) is 0 Å². The van der Waals surface area contributed by atoms with E-state index >= 15 is 0 Å². The Labute approximate surface area is 135 Å². The summed E-state index contributed by atoms with van der Waals surface area (Å²) in [5.74, 6) is 0. The Morgan fingerprint density at radius 3 is 2.05 bits per heavy atom. The maximum absolute atomic E-state index is 12.4. The van der Waals surface area contributed by atoms with Gasteiger partial charge in [-0.05, 0) is 31.9 Å². The highest BCUT2D eigenvalue weighted by molar-refractivity contribution is 7.84. The lowest BCUT2D eigenvalue weighted by Gasteiger charge is -2.22. The SMILES string of the molecule is CC(C)(C)S(=O)N[C@@H](/C=C/c1ccccc1)c1ccccc1. The zero-order valence-corrected chi connectivity index (χ0v) is 14.1. The summed E-state index contributed by atoms with van der Waals surface area (Å²) >= 11 is 0. The first-order valence-corrected chi connectivity index (χ1v) is 8.58. The first-order chi connectivity index (χ1) is 10.5. The highest BCUT2D eigenvalue weighted by Crippen LogP contribution is 2.19. The molecule has 0 radical (unpaired) electrons. The second-order valence-corrected chi connectivity index (χ2v) is 8.16. The molecule has 0 aliphatic heterocycles. The molecule has 0 aromatic heterocycles. The Bertz CT molecular complexity index is 629. The Morgan fingerprint density at radius 2 is 1.50 bits per heavy atom. The highest BCUT2D eigenvalue weighted by Gasteiger charge is 2.22. The van der Waals surface area contributed by atoms with Crippen LogP contribution >= 0.6 is 0 Å².